The molecule has 0 unspecified atom stereocenters. The van der Waals surface area contributed by atoms with E-state index in [0.29, 0.717) is 0 Å². The maximum absolute atomic E-state index is 10.5. The van der Waals surface area contributed by atoms with E-state index in [0.717, 1.165) is 11.4 Å². The van der Waals surface area contributed by atoms with E-state index in [2.05, 4.69) is 5.10 Å². The van der Waals surface area contributed by atoms with Crippen molar-refractivity contribution in [2.24, 2.45) is 0 Å². The molecule has 1 atom stereocenters. The van der Waals surface area contributed by atoms with Gasteiger partial charge in [0.2, 0.25) is 0 Å². The Morgan fingerprint density at radius 2 is 2.31 bits per heavy atom. The van der Waals surface area contributed by atoms with Crippen LogP contribution in [0.15, 0.2) is 6.07 Å². The Bertz CT molecular complexity index is 317. The molecule has 1 N–H and O–H groups in total. The summed E-state index contributed by atoms with van der Waals surface area (Å²) in [4.78, 5) is 10.5. The highest BCUT2D eigenvalue weighted by Gasteiger charge is 2.12. The number of aryl methyl sites for hydroxylation is 2. The molecule has 0 bridgehead atoms. The molecule has 0 aliphatic carbocycles. The molecule has 4 nitrogen and oxygen atoms in total. The van der Waals surface area contributed by atoms with Gasteiger partial charge in [-0.1, -0.05) is 0 Å². The van der Waals surface area contributed by atoms with Crippen LogP contribution in [-0.4, -0.2) is 20.9 Å². The van der Waals surface area contributed by atoms with E-state index in [-0.39, 0.29) is 12.5 Å². The second-order valence-electron chi connectivity index (χ2n) is 3.32. The van der Waals surface area contributed by atoms with Crippen molar-refractivity contribution in [1.29, 1.82) is 0 Å². The van der Waals surface area contributed by atoms with Crippen molar-refractivity contribution in [2.75, 3.05) is 0 Å². The number of hydrogen-bond donors (Lipinski definition) is 1. The van der Waals surface area contributed by atoms with Crippen molar-refractivity contribution in [3.8, 4) is 0 Å². The van der Waals surface area contributed by atoms with Crippen LogP contribution < -0.4 is 0 Å². The van der Waals surface area contributed by atoms with Crippen LogP contribution in [0.1, 0.15) is 30.8 Å². The van der Waals surface area contributed by atoms with Crippen molar-refractivity contribution < 1.29 is 9.90 Å². The van der Waals surface area contributed by atoms with Gasteiger partial charge in [0.15, 0.2) is 0 Å². The fraction of sp³-hybridized carbons (Fsp3) is 0.556. The molecule has 13 heavy (non-hydrogen) atoms. The molecule has 0 aliphatic rings. The first-order valence-corrected chi connectivity index (χ1v) is 4.25. The summed E-state index contributed by atoms with van der Waals surface area (Å²) < 4.78 is 1.75. The van der Waals surface area contributed by atoms with Gasteiger partial charge in [-0.15, -0.1) is 0 Å². The third kappa shape index (κ3) is 2.31. The fourth-order valence-corrected chi connectivity index (χ4v) is 1.43. The normalized spacial score (nSPS) is 12.8. The van der Waals surface area contributed by atoms with E-state index in [1.54, 1.807) is 4.68 Å². The average Bonchev–Trinajstić information content (AvgIpc) is 2.28. The maximum atomic E-state index is 10.5. The first-order chi connectivity index (χ1) is 6.00. The number of carboxylic acid groups (broad SMARTS) is 1. The molecule has 0 aliphatic heterocycles. The zero-order valence-electron chi connectivity index (χ0n) is 8.11. The molecule has 0 saturated carbocycles. The smallest absolute Gasteiger partial charge is 0.305 e. The van der Waals surface area contributed by atoms with E-state index >= 15 is 0 Å². The first kappa shape index (κ1) is 9.77. The van der Waals surface area contributed by atoms with Crippen LogP contribution in [0, 0.1) is 13.8 Å². The van der Waals surface area contributed by atoms with Crippen LogP contribution in [0.3, 0.4) is 0 Å². The largest absolute Gasteiger partial charge is 0.481 e. The molecule has 0 amide bonds. The van der Waals surface area contributed by atoms with E-state index in [1.165, 1.54) is 0 Å². The summed E-state index contributed by atoms with van der Waals surface area (Å²) in [6, 6.07) is 1.87. The number of carboxylic acids is 1. The molecule has 0 aromatic carbocycles. The minimum absolute atomic E-state index is 0.0776. The summed E-state index contributed by atoms with van der Waals surface area (Å²) in [5.74, 6) is -0.792. The molecule has 0 radical (unpaired) electrons. The Morgan fingerprint density at radius 3 is 2.69 bits per heavy atom. The molecule has 4 heteroatoms. The molecule has 1 aromatic heterocycles. The van der Waals surface area contributed by atoms with Crippen molar-refractivity contribution in [2.45, 2.75) is 33.2 Å². The molecular formula is C9H14N2O2. The summed E-state index contributed by atoms with van der Waals surface area (Å²) in [6.07, 6.45) is 0.113. The van der Waals surface area contributed by atoms with Crippen molar-refractivity contribution in [3.63, 3.8) is 0 Å². The SMILES string of the molecule is Cc1cc(C)n([C@H](C)CC(=O)O)n1. The maximum Gasteiger partial charge on any atom is 0.305 e. The van der Waals surface area contributed by atoms with Crippen LogP contribution in [-0.2, 0) is 4.79 Å². The second-order valence-corrected chi connectivity index (χ2v) is 3.32. The predicted octanol–water partition coefficient (Wildman–Crippen LogP) is 1.54. The lowest BCUT2D eigenvalue weighted by atomic mass is 10.2. The number of hydrogen-bond acceptors (Lipinski definition) is 2. The highest BCUT2D eigenvalue weighted by atomic mass is 16.4. The zero-order valence-corrected chi connectivity index (χ0v) is 8.11. The molecule has 1 rings (SSSR count). The minimum atomic E-state index is -0.792. The number of aromatic nitrogens is 2. The highest BCUT2D eigenvalue weighted by Crippen LogP contribution is 2.13. The van der Waals surface area contributed by atoms with Gasteiger partial charge in [-0.05, 0) is 26.8 Å². The summed E-state index contributed by atoms with van der Waals surface area (Å²) >= 11 is 0. The summed E-state index contributed by atoms with van der Waals surface area (Å²) in [5.41, 5.74) is 1.93. The Balaban J connectivity index is 2.81. The number of nitrogens with zero attached hydrogens (tertiary/aromatic N) is 2. The minimum Gasteiger partial charge on any atom is -0.481 e. The number of carbonyl (C=O) groups is 1. The van der Waals surface area contributed by atoms with Gasteiger partial charge in [-0.3, -0.25) is 9.48 Å². The van der Waals surface area contributed by atoms with Gasteiger partial charge in [-0.2, -0.15) is 5.10 Å². The Morgan fingerprint density at radius 1 is 1.69 bits per heavy atom. The summed E-state index contributed by atoms with van der Waals surface area (Å²) in [5, 5.41) is 12.8. The van der Waals surface area contributed by atoms with Crippen LogP contribution in [0.25, 0.3) is 0 Å². The van der Waals surface area contributed by atoms with Crippen LogP contribution >= 0.6 is 0 Å². The lowest BCUT2D eigenvalue weighted by Crippen LogP contribution is -2.13. The van der Waals surface area contributed by atoms with Gasteiger partial charge in [0.05, 0.1) is 18.2 Å². The molecular weight excluding hydrogens is 168 g/mol. The third-order valence-electron chi connectivity index (χ3n) is 1.93. The van der Waals surface area contributed by atoms with E-state index < -0.39 is 5.97 Å². The molecule has 0 fully saturated rings. The molecule has 0 saturated heterocycles. The van der Waals surface area contributed by atoms with Gasteiger partial charge < -0.3 is 5.11 Å². The lowest BCUT2D eigenvalue weighted by Gasteiger charge is -2.11. The Kier molecular flexibility index (Phi) is 2.70. The van der Waals surface area contributed by atoms with Crippen LogP contribution in [0.4, 0.5) is 0 Å². The highest BCUT2D eigenvalue weighted by molar-refractivity contribution is 5.67. The second kappa shape index (κ2) is 3.60. The molecule has 1 aromatic rings. The fourth-order valence-electron chi connectivity index (χ4n) is 1.43. The van der Waals surface area contributed by atoms with Crippen molar-refractivity contribution >= 4 is 5.97 Å². The van der Waals surface area contributed by atoms with Gasteiger partial charge in [0.1, 0.15) is 0 Å². The predicted molar refractivity (Wildman–Crippen MR) is 48.7 cm³/mol. The van der Waals surface area contributed by atoms with Crippen LogP contribution in [0.5, 0.6) is 0 Å². The van der Waals surface area contributed by atoms with Crippen molar-refractivity contribution in [1.82, 2.24) is 9.78 Å². The standard InChI is InChI=1S/C9H14N2O2/c1-6-4-7(2)11(10-6)8(3)5-9(12)13/h4,8H,5H2,1-3H3,(H,12,13)/t8-/m1/s1. The van der Waals surface area contributed by atoms with Crippen molar-refractivity contribution in [3.05, 3.63) is 17.5 Å². The lowest BCUT2D eigenvalue weighted by molar-refractivity contribution is -0.137. The summed E-state index contributed by atoms with van der Waals surface area (Å²) in [7, 11) is 0. The molecule has 72 valence electrons. The third-order valence-corrected chi connectivity index (χ3v) is 1.93. The van der Waals surface area contributed by atoms with Gasteiger partial charge in [0.25, 0.3) is 0 Å². The van der Waals surface area contributed by atoms with Gasteiger partial charge in [0, 0.05) is 5.69 Å². The number of rotatable bonds is 3. The van der Waals surface area contributed by atoms with Gasteiger partial charge >= 0.3 is 5.97 Å². The quantitative estimate of drug-likeness (QED) is 0.771. The topological polar surface area (TPSA) is 55.1 Å². The Labute approximate surface area is 77.2 Å². The van der Waals surface area contributed by atoms with E-state index in [1.807, 2.05) is 26.8 Å². The van der Waals surface area contributed by atoms with Gasteiger partial charge in [-0.25, -0.2) is 0 Å². The Hall–Kier alpha value is -1.32. The zero-order chi connectivity index (χ0) is 10.0. The summed E-state index contributed by atoms with van der Waals surface area (Å²) in [6.45, 7) is 5.68. The average molecular weight is 182 g/mol. The molecule has 0 spiro atoms. The van der Waals surface area contributed by atoms with Crippen LogP contribution in [0.2, 0.25) is 0 Å². The molecule has 1 heterocycles. The first-order valence-electron chi connectivity index (χ1n) is 4.25. The monoisotopic (exact) mass is 182 g/mol. The van der Waals surface area contributed by atoms with E-state index in [4.69, 9.17) is 5.11 Å². The van der Waals surface area contributed by atoms with E-state index in [9.17, 15) is 4.79 Å². The number of aliphatic carboxylic acids is 1.